The molecular formula is C19H18N4O6S. The molecule has 1 aliphatic heterocycles. The summed E-state index contributed by atoms with van der Waals surface area (Å²) in [6.45, 7) is 1.38. The maximum atomic E-state index is 12.3. The number of nitro groups is 1. The van der Waals surface area contributed by atoms with Gasteiger partial charge in [-0.25, -0.2) is 13.4 Å². The van der Waals surface area contributed by atoms with Crippen molar-refractivity contribution in [2.75, 3.05) is 12.8 Å². The second-order valence-corrected chi connectivity index (χ2v) is 9.03. The minimum atomic E-state index is -3.58. The van der Waals surface area contributed by atoms with Gasteiger partial charge in [0.15, 0.2) is 0 Å². The Morgan fingerprint density at radius 3 is 2.63 bits per heavy atom. The average molecular weight is 430 g/mol. The van der Waals surface area contributed by atoms with Crippen molar-refractivity contribution in [3.05, 3.63) is 73.9 Å². The number of nitro benzene ring substituents is 1. The Balaban J connectivity index is 1.49. The zero-order valence-electron chi connectivity index (χ0n) is 16.0. The molecule has 4 rings (SSSR count). The highest BCUT2D eigenvalue weighted by atomic mass is 32.2. The molecule has 0 radical (unpaired) electrons. The lowest BCUT2D eigenvalue weighted by molar-refractivity contribution is -0.384. The van der Waals surface area contributed by atoms with Crippen molar-refractivity contribution < 1.29 is 17.8 Å². The molecule has 3 heterocycles. The van der Waals surface area contributed by atoms with Crippen LogP contribution < -0.4 is 5.56 Å². The zero-order chi connectivity index (χ0) is 21.5. The minimum absolute atomic E-state index is 0.00961. The number of fused-ring (bicyclic) bond motifs is 1. The predicted molar refractivity (Wildman–Crippen MR) is 107 cm³/mol. The number of non-ortho nitro benzene ring substituents is 1. The Bertz CT molecular complexity index is 1280. The Hall–Kier alpha value is -3.31. The summed E-state index contributed by atoms with van der Waals surface area (Å²) in [5.41, 5.74) is 1.24. The quantitative estimate of drug-likeness (QED) is 0.368. The van der Waals surface area contributed by atoms with Gasteiger partial charge in [-0.15, -0.1) is 0 Å². The first-order valence-electron chi connectivity index (χ1n) is 9.09. The lowest BCUT2D eigenvalue weighted by Gasteiger charge is -2.26. The molecule has 0 saturated carbocycles. The number of H-pyrrole nitrogens is 1. The third kappa shape index (κ3) is 4.02. The van der Waals surface area contributed by atoms with Crippen LogP contribution in [0.4, 0.5) is 5.69 Å². The first-order chi connectivity index (χ1) is 14.2. The molecule has 0 unspecified atom stereocenters. The molecule has 156 valence electrons. The second kappa shape index (κ2) is 7.50. The van der Waals surface area contributed by atoms with Gasteiger partial charge in [-0.3, -0.25) is 24.8 Å². The van der Waals surface area contributed by atoms with E-state index < -0.39 is 20.3 Å². The molecule has 0 aliphatic carbocycles. The summed E-state index contributed by atoms with van der Waals surface area (Å²) >= 11 is 0. The van der Waals surface area contributed by atoms with Crippen LogP contribution >= 0.6 is 0 Å². The van der Waals surface area contributed by atoms with Crippen LogP contribution in [0, 0.1) is 10.1 Å². The van der Waals surface area contributed by atoms with Crippen molar-refractivity contribution in [1.29, 1.82) is 0 Å². The number of aromatic amines is 1. The summed E-state index contributed by atoms with van der Waals surface area (Å²) in [6.07, 6.45) is 1.46. The standard InChI is InChI=1S/C19H18N4O6S/c1-30(27,28)19-20-16-8-9-22(11-15(16)18(24)21-19)10-14-6-7-17(29-14)12-2-4-13(5-3-12)23(25)26/h2-7H,8-11H2,1H3,(H,20,21,24). The molecule has 1 aliphatic rings. The molecule has 0 spiro atoms. The average Bonchev–Trinajstić information content (AvgIpc) is 3.16. The van der Waals surface area contributed by atoms with Crippen LogP contribution in [0.25, 0.3) is 11.3 Å². The maximum Gasteiger partial charge on any atom is 0.269 e. The minimum Gasteiger partial charge on any atom is -0.460 e. The lowest BCUT2D eigenvalue weighted by atomic mass is 10.1. The van der Waals surface area contributed by atoms with Gasteiger partial charge in [0.05, 0.1) is 22.7 Å². The fraction of sp³-hybridized carbons (Fsp3) is 0.263. The van der Waals surface area contributed by atoms with Crippen LogP contribution in [0.1, 0.15) is 17.0 Å². The number of hydrogen-bond donors (Lipinski definition) is 1. The van der Waals surface area contributed by atoms with E-state index in [1.54, 1.807) is 18.2 Å². The fourth-order valence-corrected chi connectivity index (χ4v) is 3.91. The van der Waals surface area contributed by atoms with Crippen molar-refractivity contribution in [2.24, 2.45) is 0 Å². The van der Waals surface area contributed by atoms with Crippen LogP contribution in [-0.2, 0) is 29.3 Å². The summed E-state index contributed by atoms with van der Waals surface area (Å²) in [4.78, 5) is 31.1. The van der Waals surface area contributed by atoms with Crippen LogP contribution in [0.15, 0.2) is 50.8 Å². The molecule has 30 heavy (non-hydrogen) atoms. The molecule has 0 atom stereocenters. The van der Waals surface area contributed by atoms with Crippen LogP contribution in [-0.4, -0.2) is 41.0 Å². The highest BCUT2D eigenvalue weighted by molar-refractivity contribution is 7.90. The van der Waals surface area contributed by atoms with Crippen molar-refractivity contribution in [3.8, 4) is 11.3 Å². The summed E-state index contributed by atoms with van der Waals surface area (Å²) in [7, 11) is -3.58. The predicted octanol–water partition coefficient (Wildman–Crippen LogP) is 1.90. The molecule has 0 bridgehead atoms. The van der Waals surface area contributed by atoms with Crippen LogP contribution in [0.3, 0.4) is 0 Å². The molecule has 1 N–H and O–H groups in total. The molecule has 0 fully saturated rings. The molecule has 10 nitrogen and oxygen atoms in total. The maximum absolute atomic E-state index is 12.3. The van der Waals surface area contributed by atoms with Gasteiger partial charge in [0.1, 0.15) is 11.5 Å². The first kappa shape index (κ1) is 20.0. The van der Waals surface area contributed by atoms with E-state index in [1.807, 2.05) is 11.0 Å². The molecule has 11 heteroatoms. The lowest BCUT2D eigenvalue weighted by Crippen LogP contribution is -2.36. The third-order valence-electron chi connectivity index (χ3n) is 4.88. The number of rotatable bonds is 5. The van der Waals surface area contributed by atoms with E-state index in [1.165, 1.54) is 12.1 Å². The van der Waals surface area contributed by atoms with Crippen LogP contribution in [0.2, 0.25) is 0 Å². The molecule has 2 aromatic heterocycles. The van der Waals surface area contributed by atoms with E-state index in [9.17, 15) is 23.3 Å². The number of sulfone groups is 1. The topological polar surface area (TPSA) is 139 Å². The number of aromatic nitrogens is 2. The van der Waals surface area contributed by atoms with E-state index in [0.29, 0.717) is 48.8 Å². The molecule has 0 saturated heterocycles. The Morgan fingerprint density at radius 1 is 1.23 bits per heavy atom. The fourth-order valence-electron chi connectivity index (χ4n) is 3.35. The van der Waals surface area contributed by atoms with E-state index in [2.05, 4.69) is 9.97 Å². The largest absolute Gasteiger partial charge is 0.460 e. The zero-order valence-corrected chi connectivity index (χ0v) is 16.8. The van der Waals surface area contributed by atoms with Gasteiger partial charge in [0.25, 0.3) is 11.2 Å². The van der Waals surface area contributed by atoms with Gasteiger partial charge < -0.3 is 4.42 Å². The highest BCUT2D eigenvalue weighted by Crippen LogP contribution is 2.26. The van der Waals surface area contributed by atoms with E-state index in [0.717, 1.165) is 11.8 Å². The molecular weight excluding hydrogens is 412 g/mol. The Labute approximate surface area is 171 Å². The van der Waals surface area contributed by atoms with Gasteiger partial charge in [0.2, 0.25) is 15.0 Å². The normalized spacial score (nSPS) is 14.4. The Morgan fingerprint density at radius 2 is 1.97 bits per heavy atom. The van der Waals surface area contributed by atoms with Gasteiger partial charge >= 0.3 is 0 Å². The summed E-state index contributed by atoms with van der Waals surface area (Å²) in [5.74, 6) is 1.28. The Kier molecular flexibility index (Phi) is 5.00. The SMILES string of the molecule is CS(=O)(=O)c1nc2c(c(=O)[nH]1)CN(Cc1ccc(-c3ccc([N+](=O)[O-])cc3)o1)CC2. The monoisotopic (exact) mass is 430 g/mol. The summed E-state index contributed by atoms with van der Waals surface area (Å²) < 4.78 is 29.2. The molecule has 0 amide bonds. The summed E-state index contributed by atoms with van der Waals surface area (Å²) in [5, 5.41) is 10.5. The van der Waals surface area contributed by atoms with Crippen molar-refractivity contribution in [3.63, 3.8) is 0 Å². The number of benzene rings is 1. The molecule has 3 aromatic rings. The van der Waals surface area contributed by atoms with Crippen molar-refractivity contribution in [1.82, 2.24) is 14.9 Å². The van der Waals surface area contributed by atoms with Gasteiger partial charge in [-0.2, -0.15) is 0 Å². The van der Waals surface area contributed by atoms with E-state index in [4.69, 9.17) is 4.42 Å². The van der Waals surface area contributed by atoms with Gasteiger partial charge in [0, 0.05) is 43.5 Å². The van der Waals surface area contributed by atoms with E-state index in [-0.39, 0.29) is 10.8 Å². The highest BCUT2D eigenvalue weighted by Gasteiger charge is 2.24. The summed E-state index contributed by atoms with van der Waals surface area (Å²) in [6, 6.07) is 9.71. The first-order valence-corrected chi connectivity index (χ1v) is 11.0. The third-order valence-corrected chi connectivity index (χ3v) is 5.78. The number of hydrogen-bond acceptors (Lipinski definition) is 8. The van der Waals surface area contributed by atoms with Gasteiger partial charge in [-0.1, -0.05) is 0 Å². The van der Waals surface area contributed by atoms with E-state index >= 15 is 0 Å². The van der Waals surface area contributed by atoms with Gasteiger partial charge in [-0.05, 0) is 24.3 Å². The van der Waals surface area contributed by atoms with Crippen molar-refractivity contribution >= 4 is 15.5 Å². The van der Waals surface area contributed by atoms with Crippen molar-refractivity contribution in [2.45, 2.75) is 24.7 Å². The smallest absolute Gasteiger partial charge is 0.269 e. The molecule has 1 aromatic carbocycles. The van der Waals surface area contributed by atoms with Crippen LogP contribution in [0.5, 0.6) is 0 Å². The second-order valence-electron chi connectivity index (χ2n) is 7.10. The number of nitrogens with zero attached hydrogens (tertiary/aromatic N) is 3. The number of furan rings is 1. The number of nitrogens with one attached hydrogen (secondary N) is 1.